The van der Waals surface area contributed by atoms with Crippen LogP contribution in [0, 0.1) is 0 Å². The van der Waals surface area contributed by atoms with Crippen molar-refractivity contribution in [1.29, 1.82) is 0 Å². The van der Waals surface area contributed by atoms with Crippen LogP contribution in [-0.2, 0) is 0 Å². The molecule has 0 radical (unpaired) electrons. The lowest BCUT2D eigenvalue weighted by Gasteiger charge is -2.28. The molecule has 10 aromatic carbocycles. The first kappa shape index (κ1) is 33.6. The minimum Gasteiger partial charge on any atom is -0.455 e. The molecule has 272 valence electrons. The normalized spacial score (nSPS) is 11.4. The van der Waals surface area contributed by atoms with E-state index in [0.29, 0.717) is 0 Å². The van der Waals surface area contributed by atoms with Crippen molar-refractivity contribution >= 4 is 60.5 Å². The maximum Gasteiger partial charge on any atom is 0.143 e. The average Bonchev–Trinajstić information content (AvgIpc) is 3.69. The molecule has 11 aromatic rings. The highest BCUT2D eigenvalue weighted by Crippen LogP contribution is 2.45. The molecule has 0 aliphatic carbocycles. The van der Waals surface area contributed by atoms with Gasteiger partial charge in [-0.3, -0.25) is 0 Å². The number of furan rings is 1. The van der Waals surface area contributed by atoms with Crippen molar-refractivity contribution in [1.82, 2.24) is 0 Å². The highest BCUT2D eigenvalue weighted by atomic mass is 16.3. The summed E-state index contributed by atoms with van der Waals surface area (Å²) < 4.78 is 6.59. The molecule has 0 bridgehead atoms. The van der Waals surface area contributed by atoms with Crippen molar-refractivity contribution in [3.8, 4) is 44.5 Å². The first-order chi connectivity index (χ1) is 28.8. The summed E-state index contributed by atoms with van der Waals surface area (Å²) in [5.41, 5.74) is 14.4. The molecule has 58 heavy (non-hydrogen) atoms. The van der Waals surface area contributed by atoms with Gasteiger partial charge in [-0.15, -0.1) is 0 Å². The van der Waals surface area contributed by atoms with Gasteiger partial charge in [0.2, 0.25) is 0 Å². The average molecular weight is 740 g/mol. The molecular weight excluding hydrogens is 703 g/mol. The smallest absolute Gasteiger partial charge is 0.143 e. The summed E-state index contributed by atoms with van der Waals surface area (Å²) >= 11 is 0. The van der Waals surface area contributed by atoms with E-state index in [4.69, 9.17) is 4.42 Å². The van der Waals surface area contributed by atoms with Gasteiger partial charge in [0.1, 0.15) is 11.2 Å². The third-order valence-electron chi connectivity index (χ3n) is 11.5. The van der Waals surface area contributed by atoms with Crippen LogP contribution < -0.4 is 4.90 Å². The van der Waals surface area contributed by atoms with Crippen LogP contribution in [0.1, 0.15) is 0 Å². The fourth-order valence-electron chi connectivity index (χ4n) is 8.67. The van der Waals surface area contributed by atoms with Crippen molar-refractivity contribution < 1.29 is 4.42 Å². The van der Waals surface area contributed by atoms with Gasteiger partial charge in [-0.2, -0.15) is 0 Å². The molecule has 0 amide bonds. The Kier molecular flexibility index (Phi) is 8.19. The predicted molar refractivity (Wildman–Crippen MR) is 245 cm³/mol. The molecule has 2 nitrogen and oxygen atoms in total. The zero-order valence-electron chi connectivity index (χ0n) is 31.7. The summed E-state index contributed by atoms with van der Waals surface area (Å²) in [7, 11) is 0. The van der Waals surface area contributed by atoms with E-state index < -0.39 is 0 Å². The molecule has 11 rings (SSSR count). The van der Waals surface area contributed by atoms with E-state index in [0.717, 1.165) is 50.1 Å². The van der Waals surface area contributed by atoms with Crippen molar-refractivity contribution in [3.05, 3.63) is 224 Å². The van der Waals surface area contributed by atoms with Crippen LogP contribution in [0.3, 0.4) is 0 Å². The number of rotatable bonds is 7. The Morgan fingerprint density at radius 1 is 0.276 bits per heavy atom. The lowest BCUT2D eigenvalue weighted by molar-refractivity contribution is 0.670. The molecule has 0 saturated carbocycles. The minimum absolute atomic E-state index is 0.893. The van der Waals surface area contributed by atoms with Gasteiger partial charge >= 0.3 is 0 Å². The maximum absolute atomic E-state index is 6.59. The van der Waals surface area contributed by atoms with Crippen molar-refractivity contribution in [2.24, 2.45) is 0 Å². The quantitative estimate of drug-likeness (QED) is 0.162. The van der Waals surface area contributed by atoms with Gasteiger partial charge in [0.05, 0.1) is 5.69 Å². The highest BCUT2D eigenvalue weighted by Gasteiger charge is 2.21. The number of para-hydroxylation sites is 3. The van der Waals surface area contributed by atoms with E-state index >= 15 is 0 Å². The number of hydrogen-bond acceptors (Lipinski definition) is 2. The molecule has 2 heteroatoms. The summed E-state index contributed by atoms with van der Waals surface area (Å²) in [6.45, 7) is 0. The SMILES string of the molecule is c1ccc(N(c2ccc(-c3ccc(-c4cccc5ccccc45)cc3)cc2)c2ccc(-c3cccc4ccccc34)cc2)c(-c2cccc3c2oc2ccccc23)c1. The minimum atomic E-state index is 0.893. The second-order valence-electron chi connectivity index (χ2n) is 14.9. The fraction of sp³-hybridized carbons (Fsp3) is 0. The highest BCUT2D eigenvalue weighted by molar-refractivity contribution is 6.11. The van der Waals surface area contributed by atoms with Crippen LogP contribution in [0.25, 0.3) is 88.0 Å². The summed E-state index contributed by atoms with van der Waals surface area (Å²) in [4.78, 5) is 2.37. The first-order valence-corrected chi connectivity index (χ1v) is 19.8. The van der Waals surface area contributed by atoms with Gasteiger partial charge in [0, 0.05) is 33.3 Å². The molecule has 0 spiro atoms. The van der Waals surface area contributed by atoms with Gasteiger partial charge in [-0.25, -0.2) is 0 Å². The van der Waals surface area contributed by atoms with Crippen molar-refractivity contribution in [2.45, 2.75) is 0 Å². The van der Waals surface area contributed by atoms with Crippen LogP contribution in [0.15, 0.2) is 229 Å². The zero-order valence-corrected chi connectivity index (χ0v) is 31.7. The summed E-state index contributed by atoms with van der Waals surface area (Å²) in [5, 5.41) is 7.25. The van der Waals surface area contributed by atoms with E-state index in [2.05, 4.69) is 217 Å². The molecule has 0 N–H and O–H groups in total. The Bertz CT molecular complexity index is 3250. The van der Waals surface area contributed by atoms with Crippen LogP contribution in [0.4, 0.5) is 17.1 Å². The monoisotopic (exact) mass is 739 g/mol. The Hall–Kier alpha value is -7.68. The predicted octanol–water partition coefficient (Wildman–Crippen LogP) is 16.0. The van der Waals surface area contributed by atoms with E-state index in [9.17, 15) is 0 Å². The molecule has 0 aliphatic heterocycles. The van der Waals surface area contributed by atoms with Crippen LogP contribution in [0.2, 0.25) is 0 Å². The number of benzene rings is 10. The number of hydrogen-bond donors (Lipinski definition) is 0. The van der Waals surface area contributed by atoms with Gasteiger partial charge < -0.3 is 9.32 Å². The third-order valence-corrected chi connectivity index (χ3v) is 11.5. The molecule has 0 saturated heterocycles. The lowest BCUT2D eigenvalue weighted by Crippen LogP contribution is -2.11. The molecule has 0 atom stereocenters. The maximum atomic E-state index is 6.59. The second kappa shape index (κ2) is 14.1. The summed E-state index contributed by atoms with van der Waals surface area (Å²) in [5.74, 6) is 0. The molecule has 1 aromatic heterocycles. The Balaban J connectivity index is 1.02. The molecular formula is C56H37NO. The van der Waals surface area contributed by atoms with Crippen molar-refractivity contribution in [3.63, 3.8) is 0 Å². The standard InChI is InChI=1S/C56H37NO/c1-3-16-46-40(12-1)14-9-20-48(46)42-28-26-38(27-29-42)39-30-34-44(35-31-39)57(45-36-32-43(33-37-45)49-21-10-15-41-13-2-4-17-47(41)49)54-24-7-5-18-50(54)52-22-11-23-53-51-19-6-8-25-55(51)58-56(52)53/h1-37H. The Labute approximate surface area is 337 Å². The van der Waals surface area contributed by atoms with E-state index in [1.165, 1.54) is 54.9 Å². The van der Waals surface area contributed by atoms with Gasteiger partial charge in [-0.1, -0.05) is 188 Å². The molecule has 0 unspecified atom stereocenters. The number of fused-ring (bicyclic) bond motifs is 5. The van der Waals surface area contributed by atoms with E-state index in [1.807, 2.05) is 12.1 Å². The largest absolute Gasteiger partial charge is 0.455 e. The second-order valence-corrected chi connectivity index (χ2v) is 14.9. The zero-order chi connectivity index (χ0) is 38.4. The topological polar surface area (TPSA) is 16.4 Å². The summed E-state index contributed by atoms with van der Waals surface area (Å²) in [6, 6.07) is 80.6. The molecule has 0 aliphatic rings. The Morgan fingerprint density at radius 2 is 0.690 bits per heavy atom. The van der Waals surface area contributed by atoms with Crippen LogP contribution >= 0.6 is 0 Å². The van der Waals surface area contributed by atoms with Crippen LogP contribution in [-0.4, -0.2) is 0 Å². The fourth-order valence-corrected chi connectivity index (χ4v) is 8.67. The van der Waals surface area contributed by atoms with Gasteiger partial charge in [-0.05, 0) is 91.3 Å². The van der Waals surface area contributed by atoms with Gasteiger partial charge in [0.15, 0.2) is 0 Å². The summed E-state index contributed by atoms with van der Waals surface area (Å²) in [6.07, 6.45) is 0. The number of anilines is 3. The Morgan fingerprint density at radius 3 is 1.33 bits per heavy atom. The van der Waals surface area contributed by atoms with Crippen molar-refractivity contribution in [2.75, 3.05) is 4.90 Å². The van der Waals surface area contributed by atoms with E-state index in [-0.39, 0.29) is 0 Å². The molecule has 1 heterocycles. The lowest BCUT2D eigenvalue weighted by atomic mass is 9.96. The van der Waals surface area contributed by atoms with E-state index in [1.54, 1.807) is 0 Å². The third kappa shape index (κ3) is 5.82. The number of nitrogens with zero attached hydrogens (tertiary/aromatic N) is 1. The van der Waals surface area contributed by atoms with Gasteiger partial charge in [0.25, 0.3) is 0 Å². The molecule has 0 fully saturated rings. The first-order valence-electron chi connectivity index (χ1n) is 19.8. The van der Waals surface area contributed by atoms with Crippen LogP contribution in [0.5, 0.6) is 0 Å².